The minimum atomic E-state index is -3.63. The number of aliphatic hydroxyl groups excluding tert-OH is 1. The summed E-state index contributed by atoms with van der Waals surface area (Å²) in [5.74, 6) is 0. The van der Waals surface area contributed by atoms with Gasteiger partial charge in [0.25, 0.3) is 10.0 Å². The van der Waals surface area contributed by atoms with Gasteiger partial charge in [0.1, 0.15) is 4.90 Å². The second-order valence-electron chi connectivity index (χ2n) is 4.44. The Hall–Kier alpha value is -1.79. The van der Waals surface area contributed by atoms with Crippen molar-refractivity contribution in [2.24, 2.45) is 0 Å². The molecule has 6 heteroatoms. The van der Waals surface area contributed by atoms with Gasteiger partial charge >= 0.3 is 0 Å². The number of benzene rings is 1. The lowest BCUT2D eigenvalue weighted by atomic mass is 10.1. The summed E-state index contributed by atoms with van der Waals surface area (Å²) in [6.07, 6.45) is 1.36. The number of aromatic amines is 1. The zero-order chi connectivity index (χ0) is 14.0. The van der Waals surface area contributed by atoms with E-state index in [4.69, 9.17) is 5.11 Å². The molecule has 2 aromatic rings. The summed E-state index contributed by atoms with van der Waals surface area (Å²) in [6, 6.07) is 6.98. The van der Waals surface area contributed by atoms with Gasteiger partial charge in [0.2, 0.25) is 0 Å². The third kappa shape index (κ3) is 2.97. The van der Waals surface area contributed by atoms with Gasteiger partial charge in [0, 0.05) is 11.9 Å². The van der Waals surface area contributed by atoms with E-state index in [1.54, 1.807) is 6.07 Å². The van der Waals surface area contributed by atoms with Crippen molar-refractivity contribution in [1.82, 2.24) is 4.98 Å². The van der Waals surface area contributed by atoms with Crippen molar-refractivity contribution in [1.29, 1.82) is 0 Å². The predicted octanol–water partition coefficient (Wildman–Crippen LogP) is 1.92. The van der Waals surface area contributed by atoms with Gasteiger partial charge in [-0.1, -0.05) is 12.1 Å². The first-order valence-corrected chi connectivity index (χ1v) is 7.29. The number of aryl methyl sites for hydroxylation is 2. The van der Waals surface area contributed by atoms with Crippen LogP contribution in [0.5, 0.6) is 0 Å². The quantitative estimate of drug-likeness (QED) is 0.800. The molecule has 102 valence electrons. The van der Waals surface area contributed by atoms with Crippen molar-refractivity contribution in [2.75, 3.05) is 4.72 Å². The molecule has 0 atom stereocenters. The second-order valence-corrected chi connectivity index (χ2v) is 6.13. The number of anilines is 1. The summed E-state index contributed by atoms with van der Waals surface area (Å²) in [5, 5.41) is 8.94. The first kappa shape index (κ1) is 13.6. The van der Waals surface area contributed by atoms with Gasteiger partial charge in [0.15, 0.2) is 0 Å². The summed E-state index contributed by atoms with van der Waals surface area (Å²) >= 11 is 0. The van der Waals surface area contributed by atoms with E-state index in [-0.39, 0.29) is 11.5 Å². The molecule has 0 aliphatic heterocycles. The average molecular weight is 280 g/mol. The highest BCUT2D eigenvalue weighted by Crippen LogP contribution is 2.21. The molecule has 2 rings (SSSR count). The molecule has 0 fully saturated rings. The highest BCUT2D eigenvalue weighted by atomic mass is 32.2. The highest BCUT2D eigenvalue weighted by Gasteiger charge is 2.17. The molecule has 1 aromatic carbocycles. The summed E-state index contributed by atoms with van der Waals surface area (Å²) in [4.78, 5) is 2.81. The lowest BCUT2D eigenvalue weighted by Crippen LogP contribution is -2.13. The minimum Gasteiger partial charge on any atom is -0.390 e. The summed E-state index contributed by atoms with van der Waals surface area (Å²) in [5.41, 5.74) is 2.86. The zero-order valence-electron chi connectivity index (χ0n) is 10.8. The Morgan fingerprint density at radius 1 is 1.26 bits per heavy atom. The first-order valence-electron chi connectivity index (χ1n) is 5.80. The molecule has 0 amide bonds. The number of sulfonamides is 1. The number of aliphatic hydroxyl groups is 1. The molecule has 5 nitrogen and oxygen atoms in total. The van der Waals surface area contributed by atoms with Gasteiger partial charge in [-0.3, -0.25) is 4.72 Å². The predicted molar refractivity (Wildman–Crippen MR) is 73.4 cm³/mol. The lowest BCUT2D eigenvalue weighted by Gasteiger charge is -2.10. The van der Waals surface area contributed by atoms with Crippen LogP contribution in [0.25, 0.3) is 0 Å². The third-order valence-corrected chi connectivity index (χ3v) is 4.18. The maximum absolute atomic E-state index is 12.2. The molecule has 1 heterocycles. The summed E-state index contributed by atoms with van der Waals surface area (Å²) in [6.45, 7) is 3.52. The Kier molecular flexibility index (Phi) is 3.64. The molecule has 0 aliphatic rings. The molecular formula is C13H16N2O3S. The van der Waals surface area contributed by atoms with Gasteiger partial charge in [-0.05, 0) is 37.1 Å². The molecule has 3 N–H and O–H groups in total. The topological polar surface area (TPSA) is 82.2 Å². The standard InChI is InChI=1S/C13H16N2O3S/c1-9-3-4-10(2)13(5-9)15-19(17,18)12-6-11(8-16)14-7-12/h3-7,14-16H,8H2,1-2H3. The molecule has 0 aliphatic carbocycles. The molecule has 19 heavy (non-hydrogen) atoms. The first-order chi connectivity index (χ1) is 8.92. The molecule has 0 bridgehead atoms. The Balaban J connectivity index is 2.33. The van der Waals surface area contributed by atoms with Crippen LogP contribution in [0.15, 0.2) is 35.4 Å². The van der Waals surface area contributed by atoms with Crippen LogP contribution >= 0.6 is 0 Å². The van der Waals surface area contributed by atoms with Crippen molar-refractivity contribution in [3.8, 4) is 0 Å². The molecule has 0 spiro atoms. The molecule has 0 radical (unpaired) electrons. The number of hydrogen-bond donors (Lipinski definition) is 3. The zero-order valence-corrected chi connectivity index (χ0v) is 11.6. The SMILES string of the molecule is Cc1ccc(C)c(NS(=O)(=O)c2c[nH]c(CO)c2)c1. The van der Waals surface area contributed by atoms with Gasteiger partial charge in [-0.15, -0.1) is 0 Å². The fourth-order valence-corrected chi connectivity index (χ4v) is 2.85. The second kappa shape index (κ2) is 5.07. The Bertz CT molecular complexity index is 690. The molecule has 0 saturated heterocycles. The maximum Gasteiger partial charge on any atom is 0.263 e. The van der Waals surface area contributed by atoms with Gasteiger partial charge in [0.05, 0.1) is 12.3 Å². The van der Waals surface area contributed by atoms with E-state index in [0.29, 0.717) is 11.4 Å². The normalized spacial score (nSPS) is 11.5. The van der Waals surface area contributed by atoms with E-state index in [1.807, 2.05) is 26.0 Å². The smallest absolute Gasteiger partial charge is 0.263 e. The van der Waals surface area contributed by atoms with Gasteiger partial charge in [-0.2, -0.15) is 0 Å². The van der Waals surface area contributed by atoms with E-state index in [2.05, 4.69) is 9.71 Å². The highest BCUT2D eigenvalue weighted by molar-refractivity contribution is 7.92. The lowest BCUT2D eigenvalue weighted by molar-refractivity contribution is 0.277. The monoisotopic (exact) mass is 280 g/mol. The van der Waals surface area contributed by atoms with Crippen LogP contribution in [-0.2, 0) is 16.6 Å². The maximum atomic E-state index is 12.2. The van der Waals surface area contributed by atoms with Crippen molar-refractivity contribution >= 4 is 15.7 Å². The van der Waals surface area contributed by atoms with Crippen molar-refractivity contribution < 1.29 is 13.5 Å². The van der Waals surface area contributed by atoms with E-state index in [9.17, 15) is 8.42 Å². The largest absolute Gasteiger partial charge is 0.390 e. The molecule has 0 unspecified atom stereocenters. The van der Waals surface area contributed by atoms with E-state index in [0.717, 1.165) is 11.1 Å². The van der Waals surface area contributed by atoms with Crippen LogP contribution in [0.1, 0.15) is 16.8 Å². The Labute approximate surface area is 112 Å². The van der Waals surface area contributed by atoms with Crippen LogP contribution in [0.4, 0.5) is 5.69 Å². The third-order valence-electron chi connectivity index (χ3n) is 2.83. The number of aromatic nitrogens is 1. The van der Waals surface area contributed by atoms with E-state index < -0.39 is 10.0 Å². The van der Waals surface area contributed by atoms with E-state index in [1.165, 1.54) is 12.3 Å². The molecular weight excluding hydrogens is 264 g/mol. The number of H-pyrrole nitrogens is 1. The summed E-state index contributed by atoms with van der Waals surface area (Å²) in [7, 11) is -3.63. The van der Waals surface area contributed by atoms with Crippen LogP contribution < -0.4 is 4.72 Å². The number of hydrogen-bond acceptors (Lipinski definition) is 3. The van der Waals surface area contributed by atoms with Crippen molar-refractivity contribution in [3.05, 3.63) is 47.3 Å². The van der Waals surface area contributed by atoms with Crippen LogP contribution in [0.3, 0.4) is 0 Å². The van der Waals surface area contributed by atoms with Crippen molar-refractivity contribution in [2.45, 2.75) is 25.3 Å². The molecule has 1 aromatic heterocycles. The van der Waals surface area contributed by atoms with Crippen LogP contribution in [0, 0.1) is 13.8 Å². The minimum absolute atomic E-state index is 0.109. The average Bonchev–Trinajstić information content (AvgIpc) is 2.83. The van der Waals surface area contributed by atoms with Gasteiger partial charge < -0.3 is 10.1 Å². The fourth-order valence-electron chi connectivity index (χ4n) is 1.71. The summed E-state index contributed by atoms with van der Waals surface area (Å²) < 4.78 is 26.9. The number of rotatable bonds is 4. The number of nitrogens with one attached hydrogen (secondary N) is 2. The van der Waals surface area contributed by atoms with E-state index >= 15 is 0 Å². The van der Waals surface area contributed by atoms with Crippen molar-refractivity contribution in [3.63, 3.8) is 0 Å². The van der Waals surface area contributed by atoms with Crippen LogP contribution in [-0.4, -0.2) is 18.5 Å². The van der Waals surface area contributed by atoms with Crippen LogP contribution in [0.2, 0.25) is 0 Å². The van der Waals surface area contributed by atoms with Gasteiger partial charge in [-0.25, -0.2) is 8.42 Å². The Morgan fingerprint density at radius 3 is 2.63 bits per heavy atom. The Morgan fingerprint density at radius 2 is 2.00 bits per heavy atom. The fraction of sp³-hybridized carbons (Fsp3) is 0.231. The molecule has 0 saturated carbocycles.